The topological polar surface area (TPSA) is 134 Å². The van der Waals surface area contributed by atoms with Gasteiger partial charge in [0, 0.05) is 17.8 Å². The van der Waals surface area contributed by atoms with E-state index in [0.29, 0.717) is 22.6 Å². The van der Waals surface area contributed by atoms with Gasteiger partial charge < -0.3 is 20.7 Å². The Balaban J connectivity index is 1.91. The van der Waals surface area contributed by atoms with Crippen LogP contribution in [0.3, 0.4) is 0 Å². The molecule has 2 aromatic heterocycles. The molecule has 0 radical (unpaired) electrons. The van der Waals surface area contributed by atoms with Gasteiger partial charge in [0.2, 0.25) is 5.62 Å². The highest BCUT2D eigenvalue weighted by molar-refractivity contribution is 6.33. The SMILES string of the molecule is CC(C)c1[nH]nc2c(Nc3ccc(Cl)c(C(=O)O)c3)nc(=NC3CCC(N)CC3)n(C(C)C)c12. The van der Waals surface area contributed by atoms with Crippen molar-refractivity contribution in [2.45, 2.75) is 77.4 Å². The van der Waals surface area contributed by atoms with Crippen LogP contribution in [-0.2, 0) is 0 Å². The Hall–Kier alpha value is -2.91. The number of aromatic carboxylic acids is 1. The Morgan fingerprint density at radius 3 is 2.59 bits per heavy atom. The van der Waals surface area contributed by atoms with Crippen LogP contribution in [0, 0.1) is 0 Å². The number of rotatable bonds is 6. The zero-order chi connectivity index (χ0) is 24.6. The van der Waals surface area contributed by atoms with Crippen LogP contribution in [0.15, 0.2) is 23.2 Å². The Morgan fingerprint density at radius 1 is 1.26 bits per heavy atom. The lowest BCUT2D eigenvalue weighted by molar-refractivity contribution is 0.0697. The predicted molar refractivity (Wildman–Crippen MR) is 134 cm³/mol. The summed E-state index contributed by atoms with van der Waals surface area (Å²) < 4.78 is 2.14. The van der Waals surface area contributed by atoms with Crippen LogP contribution in [-0.4, -0.2) is 42.9 Å². The zero-order valence-electron chi connectivity index (χ0n) is 20.0. The maximum absolute atomic E-state index is 11.6. The van der Waals surface area contributed by atoms with Crippen LogP contribution >= 0.6 is 11.6 Å². The van der Waals surface area contributed by atoms with Crippen molar-refractivity contribution >= 4 is 40.1 Å². The molecular weight excluding hydrogens is 454 g/mol. The number of nitrogens with two attached hydrogens (primary N) is 1. The summed E-state index contributed by atoms with van der Waals surface area (Å²) in [7, 11) is 0. The van der Waals surface area contributed by atoms with Gasteiger partial charge in [-0.05, 0) is 63.6 Å². The number of carboxylic acid groups (broad SMARTS) is 1. The highest BCUT2D eigenvalue weighted by atomic mass is 35.5. The van der Waals surface area contributed by atoms with Gasteiger partial charge in [0.1, 0.15) is 0 Å². The first-order valence-corrected chi connectivity index (χ1v) is 12.1. The molecule has 0 spiro atoms. The molecule has 1 fully saturated rings. The first-order valence-electron chi connectivity index (χ1n) is 11.8. The number of anilines is 2. The monoisotopic (exact) mass is 485 g/mol. The van der Waals surface area contributed by atoms with Crippen molar-refractivity contribution in [3.05, 3.63) is 40.1 Å². The minimum Gasteiger partial charge on any atom is -0.478 e. The number of H-pyrrole nitrogens is 1. The van der Waals surface area contributed by atoms with E-state index in [1.165, 1.54) is 6.07 Å². The van der Waals surface area contributed by atoms with Crippen molar-refractivity contribution in [3.8, 4) is 0 Å². The third kappa shape index (κ3) is 4.81. The number of nitrogens with one attached hydrogen (secondary N) is 2. The van der Waals surface area contributed by atoms with E-state index in [1.54, 1.807) is 12.1 Å². The fourth-order valence-corrected chi connectivity index (χ4v) is 4.63. The number of carboxylic acids is 1. The van der Waals surface area contributed by atoms with Gasteiger partial charge in [-0.3, -0.25) is 5.10 Å². The van der Waals surface area contributed by atoms with Gasteiger partial charge in [-0.15, -0.1) is 0 Å². The molecule has 0 amide bonds. The largest absolute Gasteiger partial charge is 0.478 e. The average Bonchev–Trinajstić information content (AvgIpc) is 3.21. The van der Waals surface area contributed by atoms with E-state index < -0.39 is 5.97 Å². The van der Waals surface area contributed by atoms with Crippen LogP contribution in [0.4, 0.5) is 11.5 Å². The van der Waals surface area contributed by atoms with Gasteiger partial charge in [0.25, 0.3) is 0 Å². The van der Waals surface area contributed by atoms with Crippen LogP contribution < -0.4 is 16.7 Å². The summed E-state index contributed by atoms with van der Waals surface area (Å²) >= 11 is 6.06. The Labute approximate surface area is 203 Å². The number of carbonyl (C=O) groups is 1. The third-order valence-electron chi connectivity index (χ3n) is 6.25. The lowest BCUT2D eigenvalue weighted by atomic mass is 9.92. The molecule has 1 aliphatic carbocycles. The normalized spacial score (nSPS) is 19.4. The smallest absolute Gasteiger partial charge is 0.337 e. The lowest BCUT2D eigenvalue weighted by Crippen LogP contribution is -2.33. The van der Waals surface area contributed by atoms with Gasteiger partial charge in [0.15, 0.2) is 11.3 Å². The second-order valence-electron chi connectivity index (χ2n) is 9.54. The fourth-order valence-electron chi connectivity index (χ4n) is 4.43. The Morgan fingerprint density at radius 2 is 1.97 bits per heavy atom. The summed E-state index contributed by atoms with van der Waals surface area (Å²) in [5.74, 6) is -0.370. The molecule has 0 saturated heterocycles. The number of hydrogen-bond donors (Lipinski definition) is 4. The summed E-state index contributed by atoms with van der Waals surface area (Å²) in [4.78, 5) is 21.5. The third-order valence-corrected chi connectivity index (χ3v) is 6.58. The molecule has 3 aromatic rings. The number of hydrogen-bond acceptors (Lipinski definition) is 6. The molecule has 182 valence electrons. The van der Waals surface area contributed by atoms with Crippen molar-refractivity contribution in [2.75, 3.05) is 5.32 Å². The van der Waals surface area contributed by atoms with E-state index in [1.807, 2.05) is 0 Å². The molecule has 34 heavy (non-hydrogen) atoms. The minimum atomic E-state index is -1.09. The molecular formula is C24H32ClN7O2. The van der Waals surface area contributed by atoms with Gasteiger partial charge in [-0.25, -0.2) is 9.79 Å². The number of nitrogens with zero attached hydrogens (tertiary/aromatic N) is 4. The summed E-state index contributed by atoms with van der Waals surface area (Å²) in [6.07, 6.45) is 3.77. The number of fused-ring (bicyclic) bond motifs is 1. The van der Waals surface area contributed by atoms with E-state index in [9.17, 15) is 9.90 Å². The molecule has 0 atom stereocenters. The second-order valence-corrected chi connectivity index (χ2v) is 9.94. The van der Waals surface area contributed by atoms with Crippen molar-refractivity contribution in [1.29, 1.82) is 0 Å². The molecule has 0 unspecified atom stereocenters. The first kappa shape index (κ1) is 24.2. The lowest BCUT2D eigenvalue weighted by Gasteiger charge is -2.24. The molecule has 0 aliphatic heterocycles. The van der Waals surface area contributed by atoms with Crippen LogP contribution in [0.1, 0.15) is 81.4 Å². The molecule has 5 N–H and O–H groups in total. The van der Waals surface area contributed by atoms with Gasteiger partial charge >= 0.3 is 5.97 Å². The maximum Gasteiger partial charge on any atom is 0.337 e. The number of benzene rings is 1. The van der Waals surface area contributed by atoms with Crippen molar-refractivity contribution in [1.82, 2.24) is 19.7 Å². The van der Waals surface area contributed by atoms with E-state index in [2.05, 4.69) is 47.8 Å². The summed E-state index contributed by atoms with van der Waals surface area (Å²) in [5.41, 5.74) is 9.92. The zero-order valence-corrected chi connectivity index (χ0v) is 20.7. The fraction of sp³-hybridized carbons (Fsp3) is 0.500. The van der Waals surface area contributed by atoms with E-state index in [0.717, 1.165) is 36.9 Å². The molecule has 1 saturated carbocycles. The molecule has 9 nitrogen and oxygen atoms in total. The highest BCUT2D eigenvalue weighted by Gasteiger charge is 2.23. The molecule has 1 aliphatic rings. The predicted octanol–water partition coefficient (Wildman–Crippen LogP) is 4.73. The Bertz CT molecular complexity index is 1270. The molecule has 10 heteroatoms. The van der Waals surface area contributed by atoms with Crippen molar-refractivity contribution in [3.63, 3.8) is 0 Å². The number of aromatic amines is 1. The van der Waals surface area contributed by atoms with Crippen molar-refractivity contribution < 1.29 is 9.90 Å². The average molecular weight is 486 g/mol. The molecule has 0 bridgehead atoms. The van der Waals surface area contributed by atoms with Crippen LogP contribution in [0.25, 0.3) is 11.0 Å². The van der Waals surface area contributed by atoms with Crippen LogP contribution in [0.5, 0.6) is 0 Å². The van der Waals surface area contributed by atoms with Gasteiger partial charge in [-0.2, -0.15) is 10.1 Å². The molecule has 2 heterocycles. The number of aromatic nitrogens is 4. The minimum absolute atomic E-state index is 0.0180. The first-order chi connectivity index (χ1) is 16.2. The van der Waals surface area contributed by atoms with Crippen LogP contribution in [0.2, 0.25) is 5.02 Å². The Kier molecular flexibility index (Phi) is 6.95. The second kappa shape index (κ2) is 9.76. The van der Waals surface area contributed by atoms with Gasteiger partial charge in [0.05, 0.1) is 27.8 Å². The number of halogens is 1. The summed E-state index contributed by atoms with van der Waals surface area (Å²) in [6, 6.07) is 5.29. The summed E-state index contributed by atoms with van der Waals surface area (Å²) in [6.45, 7) is 8.45. The molecule has 1 aromatic carbocycles. The standard InChI is InChI=1S/C24H32ClN7O2/c1-12(2)19-21-20(31-30-19)22(27-16-9-10-18(25)17(11-16)23(33)34)29-24(32(21)13(3)4)28-15-7-5-14(26)6-8-15/h9-15H,5-8,26H2,1-4H3,(H,30,31)(H,33,34)(H,27,28,29). The van der Waals surface area contributed by atoms with E-state index in [4.69, 9.17) is 27.3 Å². The summed E-state index contributed by atoms with van der Waals surface area (Å²) in [5, 5.41) is 20.7. The van der Waals surface area contributed by atoms with E-state index in [-0.39, 0.29) is 34.6 Å². The van der Waals surface area contributed by atoms with Gasteiger partial charge in [-0.1, -0.05) is 25.4 Å². The molecule has 4 rings (SSSR count). The quantitative estimate of drug-likeness (QED) is 0.398. The van der Waals surface area contributed by atoms with Crippen molar-refractivity contribution in [2.24, 2.45) is 10.7 Å². The maximum atomic E-state index is 11.6. The highest BCUT2D eigenvalue weighted by Crippen LogP contribution is 2.30. The van der Waals surface area contributed by atoms with E-state index >= 15 is 0 Å².